The van der Waals surface area contributed by atoms with Gasteiger partial charge in [-0.1, -0.05) is 11.8 Å². The summed E-state index contributed by atoms with van der Waals surface area (Å²) in [6.45, 7) is 2.68. The predicted molar refractivity (Wildman–Crippen MR) is 108 cm³/mol. The molecule has 1 fully saturated rings. The zero-order valence-corrected chi connectivity index (χ0v) is 16.1. The van der Waals surface area contributed by atoms with E-state index in [0.717, 1.165) is 44.1 Å². The molecule has 2 N–H and O–H groups in total. The van der Waals surface area contributed by atoms with Gasteiger partial charge in [0.2, 0.25) is 0 Å². The Hall–Kier alpha value is -2.61. The van der Waals surface area contributed by atoms with Crippen molar-refractivity contribution in [3.8, 4) is 0 Å². The van der Waals surface area contributed by atoms with E-state index in [1.165, 1.54) is 17.3 Å². The lowest BCUT2D eigenvalue weighted by molar-refractivity contribution is 0.473. The zero-order valence-electron chi connectivity index (χ0n) is 15.3. The summed E-state index contributed by atoms with van der Waals surface area (Å²) in [5.74, 6) is 2.92. The summed E-state index contributed by atoms with van der Waals surface area (Å²) in [4.78, 5) is 20.0. The fourth-order valence-electron chi connectivity index (χ4n) is 3.58. The van der Waals surface area contributed by atoms with Crippen molar-refractivity contribution in [2.45, 2.75) is 30.5 Å². The van der Waals surface area contributed by atoms with Crippen molar-refractivity contribution in [1.82, 2.24) is 24.5 Å². The fraction of sp³-hybridized carbons (Fsp3) is 0.368. The second kappa shape index (κ2) is 7.96. The van der Waals surface area contributed by atoms with Crippen LogP contribution in [-0.4, -0.2) is 43.8 Å². The highest BCUT2D eigenvalue weighted by molar-refractivity contribution is 7.98. The van der Waals surface area contributed by atoms with Crippen LogP contribution in [0.15, 0.2) is 48.1 Å². The third-order valence-corrected chi connectivity index (χ3v) is 5.40. The third-order valence-electron chi connectivity index (χ3n) is 4.85. The van der Waals surface area contributed by atoms with Gasteiger partial charge in [-0.15, -0.1) is 0 Å². The van der Waals surface area contributed by atoms with Crippen molar-refractivity contribution < 1.29 is 0 Å². The molecule has 1 atom stereocenters. The van der Waals surface area contributed by atoms with E-state index >= 15 is 0 Å². The first-order valence-electron chi connectivity index (χ1n) is 9.06. The van der Waals surface area contributed by atoms with Crippen molar-refractivity contribution in [2.75, 3.05) is 30.0 Å². The number of aromatic nitrogens is 5. The Kier molecular flexibility index (Phi) is 5.24. The van der Waals surface area contributed by atoms with Gasteiger partial charge in [0.05, 0.1) is 0 Å². The summed E-state index contributed by atoms with van der Waals surface area (Å²) < 4.78 is 2.24. The molecule has 0 bridgehead atoms. The van der Waals surface area contributed by atoms with E-state index in [9.17, 15) is 0 Å². The molecule has 0 saturated carbocycles. The molecular weight excluding hydrogens is 358 g/mol. The number of anilines is 2. The highest BCUT2D eigenvalue weighted by Crippen LogP contribution is 2.30. The van der Waals surface area contributed by atoms with Crippen molar-refractivity contribution in [3.63, 3.8) is 0 Å². The summed E-state index contributed by atoms with van der Waals surface area (Å²) >= 11 is 1.51. The summed E-state index contributed by atoms with van der Waals surface area (Å²) in [5, 5.41) is 0.714. The quantitative estimate of drug-likeness (QED) is 0.537. The van der Waals surface area contributed by atoms with E-state index < -0.39 is 0 Å². The van der Waals surface area contributed by atoms with Gasteiger partial charge in [0.25, 0.3) is 0 Å². The SMILES string of the molecule is CSc1nc(N)cc(N2CCC[C@@H](c3nccn3Cc3ccncc3)C2)n1. The van der Waals surface area contributed by atoms with Gasteiger partial charge in [-0.3, -0.25) is 4.98 Å². The average molecular weight is 382 g/mol. The Labute approximate surface area is 163 Å². The molecular formula is C19H23N7S. The number of nitrogen functional groups attached to an aromatic ring is 1. The lowest BCUT2D eigenvalue weighted by Gasteiger charge is -2.33. The molecule has 7 nitrogen and oxygen atoms in total. The van der Waals surface area contributed by atoms with Gasteiger partial charge in [-0.05, 0) is 36.8 Å². The number of nitrogens with zero attached hydrogens (tertiary/aromatic N) is 6. The van der Waals surface area contributed by atoms with Crippen LogP contribution in [0.3, 0.4) is 0 Å². The Bertz CT molecular complexity index is 896. The van der Waals surface area contributed by atoms with E-state index in [-0.39, 0.29) is 0 Å². The molecule has 140 valence electrons. The van der Waals surface area contributed by atoms with E-state index in [1.807, 2.05) is 43.0 Å². The van der Waals surface area contributed by atoms with Crippen LogP contribution in [0.4, 0.5) is 11.6 Å². The highest BCUT2D eigenvalue weighted by atomic mass is 32.2. The number of imidazole rings is 1. The van der Waals surface area contributed by atoms with Gasteiger partial charge >= 0.3 is 0 Å². The summed E-state index contributed by atoms with van der Waals surface area (Å²) in [6.07, 6.45) is 11.8. The lowest BCUT2D eigenvalue weighted by atomic mass is 9.97. The zero-order chi connectivity index (χ0) is 18.6. The number of thioether (sulfide) groups is 1. The topological polar surface area (TPSA) is 85.8 Å². The van der Waals surface area contributed by atoms with Gasteiger partial charge in [-0.2, -0.15) is 0 Å². The molecule has 0 amide bonds. The predicted octanol–water partition coefficient (Wildman–Crippen LogP) is 2.80. The molecule has 8 heteroatoms. The van der Waals surface area contributed by atoms with Gasteiger partial charge in [-0.25, -0.2) is 15.0 Å². The summed E-state index contributed by atoms with van der Waals surface area (Å²) in [6, 6.07) is 5.96. The summed E-state index contributed by atoms with van der Waals surface area (Å²) in [5.41, 5.74) is 7.20. The minimum atomic E-state index is 0.365. The lowest BCUT2D eigenvalue weighted by Crippen LogP contribution is -2.36. The van der Waals surface area contributed by atoms with Crippen LogP contribution in [0.1, 0.15) is 30.1 Å². The van der Waals surface area contributed by atoms with E-state index in [4.69, 9.17) is 5.73 Å². The number of piperidine rings is 1. The Morgan fingerprint density at radius 2 is 2.07 bits per heavy atom. The molecule has 3 aromatic heterocycles. The Morgan fingerprint density at radius 3 is 2.89 bits per heavy atom. The first-order valence-corrected chi connectivity index (χ1v) is 10.3. The Balaban J connectivity index is 1.54. The van der Waals surface area contributed by atoms with E-state index in [0.29, 0.717) is 16.9 Å². The number of pyridine rings is 1. The molecule has 0 aliphatic carbocycles. The second-order valence-corrected chi connectivity index (χ2v) is 7.47. The molecule has 0 radical (unpaired) electrons. The largest absolute Gasteiger partial charge is 0.383 e. The molecule has 4 heterocycles. The molecule has 0 unspecified atom stereocenters. The molecule has 3 aromatic rings. The van der Waals surface area contributed by atoms with Crippen LogP contribution in [0.5, 0.6) is 0 Å². The highest BCUT2D eigenvalue weighted by Gasteiger charge is 2.26. The van der Waals surface area contributed by atoms with Crippen molar-refractivity contribution >= 4 is 23.4 Å². The van der Waals surface area contributed by atoms with Crippen LogP contribution >= 0.6 is 11.8 Å². The van der Waals surface area contributed by atoms with Crippen LogP contribution in [-0.2, 0) is 6.54 Å². The smallest absolute Gasteiger partial charge is 0.191 e. The van der Waals surface area contributed by atoms with E-state index in [1.54, 1.807) is 0 Å². The average Bonchev–Trinajstić information content (AvgIpc) is 3.16. The minimum Gasteiger partial charge on any atom is -0.383 e. The van der Waals surface area contributed by atoms with Crippen molar-refractivity contribution in [3.05, 3.63) is 54.4 Å². The van der Waals surface area contributed by atoms with Crippen molar-refractivity contribution in [2.24, 2.45) is 0 Å². The van der Waals surface area contributed by atoms with Crippen LogP contribution in [0, 0.1) is 0 Å². The standard InChI is InChI=1S/C19H23N7S/c1-27-19-23-16(20)11-17(24-19)25-9-2-3-15(13-25)18-22-8-10-26(18)12-14-4-6-21-7-5-14/h4-8,10-11,15H,2-3,9,12-13H2,1H3,(H2,20,23,24)/t15-/m1/s1. The van der Waals surface area contributed by atoms with Crippen LogP contribution < -0.4 is 10.6 Å². The summed E-state index contributed by atoms with van der Waals surface area (Å²) in [7, 11) is 0. The maximum Gasteiger partial charge on any atom is 0.191 e. The monoisotopic (exact) mass is 381 g/mol. The number of nitrogens with two attached hydrogens (primary N) is 1. The molecule has 1 aliphatic rings. The fourth-order valence-corrected chi connectivity index (χ4v) is 3.96. The van der Waals surface area contributed by atoms with Gasteiger partial charge in [0.15, 0.2) is 5.16 Å². The molecule has 1 aliphatic heterocycles. The maximum absolute atomic E-state index is 5.97. The first kappa shape index (κ1) is 17.8. The molecule has 27 heavy (non-hydrogen) atoms. The Morgan fingerprint density at radius 1 is 1.22 bits per heavy atom. The van der Waals surface area contributed by atoms with Gasteiger partial charge in [0.1, 0.15) is 17.5 Å². The molecule has 1 saturated heterocycles. The molecule has 0 aromatic carbocycles. The minimum absolute atomic E-state index is 0.365. The van der Waals surface area contributed by atoms with E-state index in [2.05, 4.69) is 35.6 Å². The van der Waals surface area contributed by atoms with Crippen LogP contribution in [0.2, 0.25) is 0 Å². The van der Waals surface area contributed by atoms with Gasteiger partial charge < -0.3 is 15.2 Å². The van der Waals surface area contributed by atoms with Gasteiger partial charge in [0, 0.05) is 56.4 Å². The first-order chi connectivity index (χ1) is 13.2. The molecule has 4 rings (SSSR count). The normalized spacial score (nSPS) is 17.2. The molecule has 0 spiro atoms. The number of hydrogen-bond acceptors (Lipinski definition) is 7. The number of rotatable bonds is 5. The number of hydrogen-bond donors (Lipinski definition) is 1. The maximum atomic E-state index is 5.97. The second-order valence-electron chi connectivity index (χ2n) is 6.69. The van der Waals surface area contributed by atoms with Crippen LogP contribution in [0.25, 0.3) is 0 Å². The third kappa shape index (κ3) is 4.05. The van der Waals surface area contributed by atoms with Crippen molar-refractivity contribution in [1.29, 1.82) is 0 Å².